The van der Waals surface area contributed by atoms with Gasteiger partial charge in [0.2, 0.25) is 0 Å². The number of anilines is 1. The number of aryl methyl sites for hydroxylation is 1. The quantitative estimate of drug-likeness (QED) is 0.852. The van der Waals surface area contributed by atoms with Gasteiger partial charge in [0.25, 0.3) is 0 Å². The van der Waals surface area contributed by atoms with Crippen LogP contribution >= 0.6 is 11.6 Å². The van der Waals surface area contributed by atoms with Crippen LogP contribution in [-0.4, -0.2) is 34.3 Å². The molecule has 0 spiro atoms. The van der Waals surface area contributed by atoms with Crippen molar-refractivity contribution in [3.8, 4) is 0 Å². The number of aliphatic hydroxyl groups excluding tert-OH is 1. The van der Waals surface area contributed by atoms with Gasteiger partial charge in [-0.3, -0.25) is 0 Å². The van der Waals surface area contributed by atoms with Gasteiger partial charge in [0.1, 0.15) is 16.8 Å². The summed E-state index contributed by atoms with van der Waals surface area (Å²) in [5.74, 6) is 2.12. The van der Waals surface area contributed by atoms with E-state index in [9.17, 15) is 5.11 Å². The predicted molar refractivity (Wildman–Crippen MR) is 73.0 cm³/mol. The highest BCUT2D eigenvalue weighted by atomic mass is 35.5. The Bertz CT molecular complexity index is 413. The molecule has 1 aliphatic rings. The molecule has 0 radical (unpaired) electrons. The topological polar surface area (TPSA) is 49.2 Å². The van der Waals surface area contributed by atoms with Gasteiger partial charge in [-0.1, -0.05) is 25.4 Å². The van der Waals surface area contributed by atoms with Gasteiger partial charge in [-0.25, -0.2) is 9.97 Å². The largest absolute Gasteiger partial charge is 0.394 e. The van der Waals surface area contributed by atoms with Gasteiger partial charge in [-0.2, -0.15) is 0 Å². The molecule has 2 atom stereocenters. The standard InChI is InChI=1S/C13H20ClN3O/c1-3-4-12-15-11(14)7-13(16-12)17-6-5-9(2)10(17)8-18/h7,9-10,18H,3-6,8H2,1-2H3. The highest BCUT2D eigenvalue weighted by Gasteiger charge is 2.31. The lowest BCUT2D eigenvalue weighted by molar-refractivity contribution is 0.244. The smallest absolute Gasteiger partial charge is 0.134 e. The van der Waals surface area contributed by atoms with Crippen molar-refractivity contribution in [3.05, 3.63) is 17.0 Å². The van der Waals surface area contributed by atoms with E-state index in [-0.39, 0.29) is 12.6 Å². The SMILES string of the molecule is CCCc1nc(Cl)cc(N2CCC(C)C2CO)n1. The van der Waals surface area contributed by atoms with E-state index >= 15 is 0 Å². The molecule has 2 unspecified atom stereocenters. The Balaban J connectivity index is 2.27. The third-order valence-corrected chi connectivity index (χ3v) is 3.76. The van der Waals surface area contributed by atoms with Gasteiger partial charge in [0, 0.05) is 19.0 Å². The number of aliphatic hydroxyl groups is 1. The first-order valence-corrected chi connectivity index (χ1v) is 6.94. The lowest BCUT2D eigenvalue weighted by atomic mass is 10.0. The van der Waals surface area contributed by atoms with Gasteiger partial charge >= 0.3 is 0 Å². The maximum Gasteiger partial charge on any atom is 0.134 e. The molecular weight excluding hydrogens is 250 g/mol. The van der Waals surface area contributed by atoms with E-state index in [1.807, 2.05) is 0 Å². The number of hydrogen-bond acceptors (Lipinski definition) is 4. The summed E-state index contributed by atoms with van der Waals surface area (Å²) in [4.78, 5) is 10.9. The molecule has 1 fully saturated rings. The molecule has 1 saturated heterocycles. The molecule has 1 N–H and O–H groups in total. The van der Waals surface area contributed by atoms with Crippen LogP contribution in [0.25, 0.3) is 0 Å². The summed E-state index contributed by atoms with van der Waals surface area (Å²) in [7, 11) is 0. The predicted octanol–water partition coefficient (Wildman–Crippen LogP) is 2.29. The molecule has 2 rings (SSSR count). The van der Waals surface area contributed by atoms with E-state index < -0.39 is 0 Å². The molecule has 1 aromatic heterocycles. The fourth-order valence-electron chi connectivity index (χ4n) is 2.51. The number of aromatic nitrogens is 2. The van der Waals surface area contributed by atoms with Crippen LogP contribution in [0.4, 0.5) is 5.82 Å². The highest BCUT2D eigenvalue weighted by Crippen LogP contribution is 2.29. The van der Waals surface area contributed by atoms with Crippen LogP contribution in [0.2, 0.25) is 5.15 Å². The zero-order chi connectivity index (χ0) is 13.1. The second-order valence-corrected chi connectivity index (χ2v) is 5.31. The second kappa shape index (κ2) is 5.85. The summed E-state index contributed by atoms with van der Waals surface area (Å²) in [6.45, 7) is 5.34. The third kappa shape index (κ3) is 2.75. The zero-order valence-corrected chi connectivity index (χ0v) is 11.7. The van der Waals surface area contributed by atoms with Crippen LogP contribution in [0.5, 0.6) is 0 Å². The minimum absolute atomic E-state index is 0.144. The number of rotatable bonds is 4. The molecule has 0 saturated carbocycles. The Morgan fingerprint density at radius 3 is 2.94 bits per heavy atom. The van der Waals surface area contributed by atoms with Crippen molar-refractivity contribution < 1.29 is 5.11 Å². The van der Waals surface area contributed by atoms with Gasteiger partial charge in [-0.05, 0) is 18.8 Å². The fourth-order valence-corrected chi connectivity index (χ4v) is 2.70. The molecule has 0 amide bonds. The molecule has 5 heteroatoms. The molecule has 100 valence electrons. The monoisotopic (exact) mass is 269 g/mol. The normalized spacial score (nSPS) is 23.7. The van der Waals surface area contributed by atoms with Crippen LogP contribution < -0.4 is 4.90 Å². The minimum atomic E-state index is 0.144. The lowest BCUT2D eigenvalue weighted by Crippen LogP contribution is -2.35. The Hall–Kier alpha value is -0.870. The van der Waals surface area contributed by atoms with Crippen molar-refractivity contribution in [1.29, 1.82) is 0 Å². The van der Waals surface area contributed by atoms with Crippen LogP contribution in [-0.2, 0) is 6.42 Å². The van der Waals surface area contributed by atoms with E-state index in [4.69, 9.17) is 11.6 Å². The minimum Gasteiger partial charge on any atom is -0.394 e. The number of halogens is 1. The number of nitrogens with zero attached hydrogens (tertiary/aromatic N) is 3. The van der Waals surface area contributed by atoms with E-state index in [1.165, 1.54) is 0 Å². The Kier molecular flexibility index (Phi) is 4.40. The van der Waals surface area contributed by atoms with E-state index in [1.54, 1.807) is 6.07 Å². The molecule has 4 nitrogen and oxygen atoms in total. The van der Waals surface area contributed by atoms with Crippen LogP contribution in [0.3, 0.4) is 0 Å². The maximum absolute atomic E-state index is 9.49. The van der Waals surface area contributed by atoms with Crippen molar-refractivity contribution in [2.24, 2.45) is 5.92 Å². The molecule has 18 heavy (non-hydrogen) atoms. The molecule has 1 aromatic rings. The third-order valence-electron chi connectivity index (χ3n) is 3.57. The van der Waals surface area contributed by atoms with E-state index in [0.29, 0.717) is 11.1 Å². The summed E-state index contributed by atoms with van der Waals surface area (Å²) in [5.41, 5.74) is 0. The first-order valence-electron chi connectivity index (χ1n) is 6.56. The van der Waals surface area contributed by atoms with Gasteiger partial charge in [-0.15, -0.1) is 0 Å². The summed E-state index contributed by atoms with van der Waals surface area (Å²) >= 11 is 6.05. The zero-order valence-electron chi connectivity index (χ0n) is 10.9. The maximum atomic E-state index is 9.49. The van der Waals surface area contributed by atoms with E-state index in [2.05, 4.69) is 28.7 Å². The number of hydrogen-bond donors (Lipinski definition) is 1. The summed E-state index contributed by atoms with van der Waals surface area (Å²) < 4.78 is 0. The highest BCUT2D eigenvalue weighted by molar-refractivity contribution is 6.29. The van der Waals surface area contributed by atoms with Crippen molar-refractivity contribution in [3.63, 3.8) is 0 Å². The Labute approximate surface area is 113 Å². The first kappa shape index (κ1) is 13.6. The molecule has 0 aliphatic carbocycles. The molecule has 2 heterocycles. The van der Waals surface area contributed by atoms with Gasteiger partial charge in [0.05, 0.1) is 12.6 Å². The summed E-state index contributed by atoms with van der Waals surface area (Å²) in [6, 6.07) is 1.94. The Morgan fingerprint density at radius 1 is 1.50 bits per heavy atom. The average Bonchev–Trinajstić information content (AvgIpc) is 2.70. The summed E-state index contributed by atoms with van der Waals surface area (Å²) in [5, 5.41) is 9.98. The van der Waals surface area contributed by atoms with Gasteiger partial charge in [0.15, 0.2) is 0 Å². The molecule has 0 aromatic carbocycles. The van der Waals surface area contributed by atoms with Crippen molar-refractivity contribution in [2.45, 2.75) is 39.2 Å². The van der Waals surface area contributed by atoms with Crippen molar-refractivity contribution >= 4 is 17.4 Å². The average molecular weight is 270 g/mol. The van der Waals surface area contributed by atoms with Gasteiger partial charge < -0.3 is 10.0 Å². The molecule has 0 bridgehead atoms. The van der Waals surface area contributed by atoms with E-state index in [0.717, 1.165) is 37.4 Å². The van der Waals surface area contributed by atoms with Crippen LogP contribution in [0.1, 0.15) is 32.5 Å². The fraction of sp³-hybridized carbons (Fsp3) is 0.692. The Morgan fingerprint density at radius 2 is 2.28 bits per heavy atom. The lowest BCUT2D eigenvalue weighted by Gasteiger charge is -2.26. The second-order valence-electron chi connectivity index (χ2n) is 4.92. The summed E-state index contributed by atoms with van der Waals surface area (Å²) in [6.07, 6.45) is 2.91. The van der Waals surface area contributed by atoms with Crippen LogP contribution in [0, 0.1) is 5.92 Å². The first-order chi connectivity index (χ1) is 8.65. The van der Waals surface area contributed by atoms with Crippen molar-refractivity contribution in [1.82, 2.24) is 9.97 Å². The van der Waals surface area contributed by atoms with Crippen molar-refractivity contribution in [2.75, 3.05) is 18.1 Å². The molecular formula is C13H20ClN3O. The van der Waals surface area contributed by atoms with Crippen LogP contribution in [0.15, 0.2) is 6.07 Å². The molecule has 1 aliphatic heterocycles.